The van der Waals surface area contributed by atoms with E-state index in [9.17, 15) is 19.5 Å². The molecular formula is C21H13ClNO4S-. The maximum Gasteiger partial charge on any atom is 0.257 e. The topological polar surface area (TPSA) is 86.3 Å². The fourth-order valence-corrected chi connectivity index (χ4v) is 3.38. The van der Waals surface area contributed by atoms with Crippen LogP contribution in [0.4, 0.5) is 5.69 Å². The van der Waals surface area contributed by atoms with Crippen molar-refractivity contribution in [3.05, 3.63) is 92.6 Å². The summed E-state index contributed by atoms with van der Waals surface area (Å²) in [5, 5.41) is 13.9. The highest BCUT2D eigenvalue weighted by atomic mass is 35.5. The number of rotatable bonds is 6. The summed E-state index contributed by atoms with van der Waals surface area (Å²) in [7, 11) is 0. The number of aromatic carboxylic acids is 1. The van der Waals surface area contributed by atoms with Gasteiger partial charge in [0, 0.05) is 5.69 Å². The van der Waals surface area contributed by atoms with E-state index in [0.29, 0.717) is 26.7 Å². The third-order valence-electron chi connectivity index (χ3n) is 3.74. The first kappa shape index (κ1) is 19.5. The SMILES string of the molecule is O=C([O-])c1ccc(C(=O)/C=C/c2cccc(NC(=O)c3ccccc3Cl)c2)s1. The number of carboxylic acid groups (broad SMARTS) is 1. The van der Waals surface area contributed by atoms with Crippen LogP contribution in [0.2, 0.25) is 5.02 Å². The Morgan fingerprint density at radius 3 is 2.43 bits per heavy atom. The van der Waals surface area contributed by atoms with Crippen LogP contribution < -0.4 is 10.4 Å². The average Bonchev–Trinajstić information content (AvgIpc) is 3.17. The lowest BCUT2D eigenvalue weighted by Crippen LogP contribution is -2.20. The van der Waals surface area contributed by atoms with Crippen molar-refractivity contribution in [2.45, 2.75) is 0 Å². The van der Waals surface area contributed by atoms with Crippen LogP contribution in [0.15, 0.2) is 66.7 Å². The number of ketones is 1. The van der Waals surface area contributed by atoms with Crippen molar-refractivity contribution in [1.29, 1.82) is 0 Å². The van der Waals surface area contributed by atoms with Crippen LogP contribution >= 0.6 is 22.9 Å². The predicted octanol–water partition coefficient (Wildman–Crippen LogP) is 3.91. The van der Waals surface area contributed by atoms with Crippen molar-refractivity contribution >= 4 is 52.4 Å². The fraction of sp³-hybridized carbons (Fsp3) is 0. The van der Waals surface area contributed by atoms with Crippen LogP contribution in [-0.2, 0) is 0 Å². The maximum absolute atomic E-state index is 12.3. The van der Waals surface area contributed by atoms with E-state index in [0.717, 1.165) is 11.3 Å². The van der Waals surface area contributed by atoms with Gasteiger partial charge in [-0.3, -0.25) is 9.59 Å². The standard InChI is InChI=1S/C21H14ClNO4S/c22-16-7-2-1-6-15(16)20(25)23-14-5-3-4-13(12-14)8-9-17(24)18-10-11-19(28-18)21(26)27/h1-12H,(H,23,25)(H,26,27)/p-1/b9-8+. The van der Waals surface area contributed by atoms with Gasteiger partial charge in [0.2, 0.25) is 0 Å². The van der Waals surface area contributed by atoms with E-state index in [2.05, 4.69) is 5.32 Å². The third-order valence-corrected chi connectivity index (χ3v) is 5.15. The van der Waals surface area contributed by atoms with Gasteiger partial charge in [-0.05, 0) is 48.0 Å². The molecule has 2 aromatic carbocycles. The van der Waals surface area contributed by atoms with Crippen LogP contribution in [0.3, 0.4) is 0 Å². The Morgan fingerprint density at radius 1 is 0.964 bits per heavy atom. The van der Waals surface area contributed by atoms with Gasteiger partial charge < -0.3 is 15.2 Å². The second kappa shape index (κ2) is 8.65. The molecule has 1 amide bonds. The summed E-state index contributed by atoms with van der Waals surface area (Å²) in [4.78, 5) is 35.6. The van der Waals surface area contributed by atoms with E-state index >= 15 is 0 Å². The number of thiophene rings is 1. The first-order chi connectivity index (χ1) is 13.4. The van der Waals surface area contributed by atoms with E-state index in [4.69, 9.17) is 11.6 Å². The number of anilines is 1. The average molecular weight is 411 g/mol. The number of carboxylic acids is 1. The number of allylic oxidation sites excluding steroid dienone is 1. The summed E-state index contributed by atoms with van der Waals surface area (Å²) in [5.41, 5.74) is 1.61. The summed E-state index contributed by atoms with van der Waals surface area (Å²) >= 11 is 6.89. The molecular weight excluding hydrogens is 398 g/mol. The van der Waals surface area contributed by atoms with Crippen molar-refractivity contribution < 1.29 is 19.5 Å². The molecule has 1 aromatic heterocycles. The molecule has 1 N–H and O–H groups in total. The number of halogens is 1. The molecule has 1 heterocycles. The number of benzene rings is 2. The number of carbonyl (C=O) groups excluding carboxylic acids is 3. The fourth-order valence-electron chi connectivity index (χ4n) is 2.40. The number of hydrogen-bond donors (Lipinski definition) is 1. The number of carbonyl (C=O) groups is 3. The first-order valence-electron chi connectivity index (χ1n) is 8.13. The zero-order valence-electron chi connectivity index (χ0n) is 14.3. The van der Waals surface area contributed by atoms with Gasteiger partial charge in [-0.1, -0.05) is 41.9 Å². The van der Waals surface area contributed by atoms with Crippen molar-refractivity contribution in [3.8, 4) is 0 Å². The molecule has 0 radical (unpaired) electrons. The number of hydrogen-bond acceptors (Lipinski definition) is 5. The number of amides is 1. The van der Waals surface area contributed by atoms with Crippen LogP contribution in [0.25, 0.3) is 6.08 Å². The molecule has 0 aliphatic carbocycles. The molecule has 0 saturated heterocycles. The van der Waals surface area contributed by atoms with Crippen molar-refractivity contribution in [2.24, 2.45) is 0 Å². The van der Waals surface area contributed by atoms with E-state index < -0.39 is 5.97 Å². The van der Waals surface area contributed by atoms with Crippen LogP contribution in [-0.4, -0.2) is 17.7 Å². The summed E-state index contributed by atoms with van der Waals surface area (Å²) in [5.74, 6) is -1.96. The molecule has 0 aliphatic rings. The molecule has 0 unspecified atom stereocenters. The quantitative estimate of drug-likeness (QED) is 0.493. The molecule has 0 aliphatic heterocycles. The molecule has 5 nitrogen and oxygen atoms in total. The smallest absolute Gasteiger partial charge is 0.257 e. The Balaban J connectivity index is 1.71. The molecule has 7 heteroatoms. The Kier molecular flexibility index (Phi) is 6.03. The van der Waals surface area contributed by atoms with Gasteiger partial charge in [-0.15, -0.1) is 11.3 Å². The molecule has 140 valence electrons. The van der Waals surface area contributed by atoms with Gasteiger partial charge in [0.15, 0.2) is 5.78 Å². The normalized spacial score (nSPS) is 10.8. The summed E-state index contributed by atoms with van der Waals surface area (Å²) in [6, 6.07) is 16.5. The minimum absolute atomic E-state index is 0.000956. The second-order valence-electron chi connectivity index (χ2n) is 5.71. The molecule has 0 saturated carbocycles. The minimum atomic E-state index is -1.31. The molecule has 0 atom stereocenters. The van der Waals surface area contributed by atoms with Gasteiger partial charge in [0.1, 0.15) is 0 Å². The second-order valence-corrected chi connectivity index (χ2v) is 7.20. The van der Waals surface area contributed by atoms with Gasteiger partial charge in [-0.2, -0.15) is 0 Å². The van der Waals surface area contributed by atoms with E-state index in [1.165, 1.54) is 18.2 Å². The van der Waals surface area contributed by atoms with E-state index in [1.54, 1.807) is 54.6 Å². The lowest BCUT2D eigenvalue weighted by molar-refractivity contribution is -0.254. The first-order valence-corrected chi connectivity index (χ1v) is 9.33. The predicted molar refractivity (Wildman–Crippen MR) is 108 cm³/mol. The molecule has 3 rings (SSSR count). The Bertz CT molecular complexity index is 1090. The molecule has 0 spiro atoms. The third kappa shape index (κ3) is 4.73. The summed E-state index contributed by atoms with van der Waals surface area (Å²) < 4.78 is 0. The highest BCUT2D eigenvalue weighted by Crippen LogP contribution is 2.20. The van der Waals surface area contributed by atoms with Gasteiger partial charge in [0.25, 0.3) is 5.91 Å². The lowest BCUT2D eigenvalue weighted by atomic mass is 10.1. The largest absolute Gasteiger partial charge is 0.544 e. The lowest BCUT2D eigenvalue weighted by Gasteiger charge is -2.07. The monoisotopic (exact) mass is 410 g/mol. The summed E-state index contributed by atoms with van der Waals surface area (Å²) in [6.07, 6.45) is 2.94. The highest BCUT2D eigenvalue weighted by Gasteiger charge is 2.10. The van der Waals surface area contributed by atoms with Crippen LogP contribution in [0, 0.1) is 0 Å². The molecule has 0 bridgehead atoms. The van der Waals surface area contributed by atoms with E-state index in [1.807, 2.05) is 0 Å². The van der Waals surface area contributed by atoms with Crippen molar-refractivity contribution in [1.82, 2.24) is 0 Å². The zero-order valence-corrected chi connectivity index (χ0v) is 15.9. The minimum Gasteiger partial charge on any atom is -0.544 e. The van der Waals surface area contributed by atoms with Crippen molar-refractivity contribution in [3.63, 3.8) is 0 Å². The van der Waals surface area contributed by atoms with Crippen molar-refractivity contribution in [2.75, 3.05) is 5.32 Å². The molecule has 3 aromatic rings. The van der Waals surface area contributed by atoms with E-state index in [-0.39, 0.29) is 16.6 Å². The van der Waals surface area contributed by atoms with Crippen LogP contribution in [0.1, 0.15) is 35.3 Å². The summed E-state index contributed by atoms with van der Waals surface area (Å²) in [6.45, 7) is 0. The van der Waals surface area contributed by atoms with Gasteiger partial charge in [-0.25, -0.2) is 0 Å². The zero-order chi connectivity index (χ0) is 20.1. The Labute approximate surface area is 169 Å². The van der Waals surface area contributed by atoms with Gasteiger partial charge >= 0.3 is 0 Å². The number of nitrogens with one attached hydrogen (secondary N) is 1. The Hall–Kier alpha value is -3.22. The molecule has 0 fully saturated rings. The van der Waals surface area contributed by atoms with Crippen LogP contribution in [0.5, 0.6) is 0 Å². The molecule has 28 heavy (non-hydrogen) atoms. The van der Waals surface area contributed by atoms with Gasteiger partial charge in [0.05, 0.1) is 26.3 Å². The highest BCUT2D eigenvalue weighted by molar-refractivity contribution is 7.16. The maximum atomic E-state index is 12.3. The Morgan fingerprint density at radius 2 is 1.71 bits per heavy atom.